The first-order valence-electron chi connectivity index (χ1n) is 8.16. The van der Waals surface area contributed by atoms with Gasteiger partial charge in [0.25, 0.3) is 0 Å². The van der Waals surface area contributed by atoms with E-state index in [1.165, 1.54) is 37.5 Å². The lowest BCUT2D eigenvalue weighted by molar-refractivity contribution is -0.117. The minimum atomic E-state index is -3.19. The summed E-state index contributed by atoms with van der Waals surface area (Å²) in [6.07, 6.45) is 7.87. The Bertz CT molecular complexity index is 712. The monoisotopic (exact) mass is 333 g/mol. The van der Waals surface area contributed by atoms with Crippen LogP contribution in [0, 0.1) is 11.8 Å². The fourth-order valence-corrected chi connectivity index (χ4v) is 3.53. The van der Waals surface area contributed by atoms with Crippen LogP contribution in [-0.2, 0) is 14.6 Å². The Morgan fingerprint density at radius 1 is 1.13 bits per heavy atom. The van der Waals surface area contributed by atoms with Gasteiger partial charge in [-0.25, -0.2) is 8.42 Å². The van der Waals surface area contributed by atoms with Crippen molar-refractivity contribution in [3.05, 3.63) is 41.5 Å². The molecule has 0 aliphatic heterocycles. The number of hydrogen-bond donors (Lipinski definition) is 1. The number of benzene rings is 1. The third-order valence-corrected chi connectivity index (χ3v) is 5.69. The van der Waals surface area contributed by atoms with Crippen molar-refractivity contribution >= 4 is 15.7 Å². The van der Waals surface area contributed by atoms with E-state index in [2.05, 4.69) is 5.32 Å². The Kier molecular flexibility index (Phi) is 4.32. The molecule has 0 saturated heterocycles. The zero-order valence-electron chi connectivity index (χ0n) is 13.6. The first-order valence-corrected chi connectivity index (χ1v) is 10.1. The molecular formula is C18H23NO3S. The lowest BCUT2D eigenvalue weighted by Crippen LogP contribution is -2.25. The van der Waals surface area contributed by atoms with E-state index in [-0.39, 0.29) is 11.9 Å². The van der Waals surface area contributed by atoms with Crippen molar-refractivity contribution in [3.8, 4) is 0 Å². The van der Waals surface area contributed by atoms with Gasteiger partial charge in [-0.3, -0.25) is 4.79 Å². The average Bonchev–Trinajstić information content (AvgIpc) is 3.37. The van der Waals surface area contributed by atoms with E-state index in [4.69, 9.17) is 0 Å². The highest BCUT2D eigenvalue weighted by atomic mass is 32.2. The van der Waals surface area contributed by atoms with E-state index in [1.54, 1.807) is 30.3 Å². The smallest absolute Gasteiger partial charge is 0.244 e. The molecule has 1 atom stereocenters. The van der Waals surface area contributed by atoms with Gasteiger partial charge in [0.2, 0.25) is 5.91 Å². The number of hydrogen-bond acceptors (Lipinski definition) is 3. The molecule has 1 aromatic rings. The Hall–Kier alpha value is -1.62. The Labute approximate surface area is 137 Å². The molecule has 3 rings (SSSR count). The average molecular weight is 333 g/mol. The number of amides is 1. The van der Waals surface area contributed by atoms with Crippen LogP contribution < -0.4 is 5.32 Å². The third kappa shape index (κ3) is 4.22. The van der Waals surface area contributed by atoms with Gasteiger partial charge in [-0.05, 0) is 62.1 Å². The zero-order chi connectivity index (χ0) is 16.6. The van der Waals surface area contributed by atoms with E-state index in [0.29, 0.717) is 16.7 Å². The van der Waals surface area contributed by atoms with Crippen molar-refractivity contribution in [2.24, 2.45) is 11.8 Å². The molecule has 2 aliphatic carbocycles. The summed E-state index contributed by atoms with van der Waals surface area (Å²) in [5.74, 6) is 1.23. The van der Waals surface area contributed by atoms with Gasteiger partial charge in [-0.1, -0.05) is 17.7 Å². The molecule has 23 heavy (non-hydrogen) atoms. The standard InChI is InChI=1S/C18H23NO3S/c1-12(13-7-9-16(10-8-13)23(2,21)22)19-18(20)11-17(14-3-4-14)15-5-6-15/h7-12,14-15H,3-6H2,1-2H3,(H,19,20)/t12-/m1/s1. The highest BCUT2D eigenvalue weighted by molar-refractivity contribution is 7.90. The molecule has 124 valence electrons. The summed E-state index contributed by atoms with van der Waals surface area (Å²) in [5.41, 5.74) is 2.24. The van der Waals surface area contributed by atoms with Gasteiger partial charge >= 0.3 is 0 Å². The molecule has 0 heterocycles. The van der Waals surface area contributed by atoms with Crippen molar-refractivity contribution in [2.45, 2.75) is 43.5 Å². The molecule has 1 N–H and O–H groups in total. The minimum Gasteiger partial charge on any atom is -0.346 e. The number of nitrogens with one attached hydrogen (secondary N) is 1. The molecule has 4 nitrogen and oxygen atoms in total. The van der Waals surface area contributed by atoms with Crippen LogP contribution in [0.15, 0.2) is 40.8 Å². The van der Waals surface area contributed by atoms with Crippen molar-refractivity contribution in [1.29, 1.82) is 0 Å². The highest BCUT2D eigenvalue weighted by Gasteiger charge is 2.36. The number of allylic oxidation sites excluding steroid dienone is 1. The van der Waals surface area contributed by atoms with Crippen molar-refractivity contribution in [3.63, 3.8) is 0 Å². The predicted octanol–water partition coefficient (Wildman–Crippen LogP) is 3.01. The minimum absolute atomic E-state index is 0.0431. The third-order valence-electron chi connectivity index (χ3n) is 4.56. The van der Waals surface area contributed by atoms with E-state index < -0.39 is 9.84 Å². The molecule has 0 aromatic heterocycles. The van der Waals surface area contributed by atoms with Gasteiger partial charge in [0.1, 0.15) is 0 Å². The highest BCUT2D eigenvalue weighted by Crippen LogP contribution is 2.48. The normalized spacial score (nSPS) is 19.0. The maximum atomic E-state index is 12.2. The molecule has 0 unspecified atom stereocenters. The van der Waals surface area contributed by atoms with Crippen molar-refractivity contribution in [1.82, 2.24) is 5.32 Å². The molecule has 0 radical (unpaired) electrons. The summed E-state index contributed by atoms with van der Waals surface area (Å²) in [7, 11) is -3.19. The second-order valence-electron chi connectivity index (χ2n) is 6.76. The van der Waals surface area contributed by atoms with Gasteiger partial charge in [0.05, 0.1) is 10.9 Å². The molecule has 2 fully saturated rings. The van der Waals surface area contributed by atoms with Crippen LogP contribution >= 0.6 is 0 Å². The molecule has 0 bridgehead atoms. The predicted molar refractivity (Wildman–Crippen MR) is 89.6 cm³/mol. The van der Waals surface area contributed by atoms with Gasteiger partial charge in [-0.2, -0.15) is 0 Å². The quantitative estimate of drug-likeness (QED) is 0.814. The van der Waals surface area contributed by atoms with Gasteiger partial charge < -0.3 is 5.32 Å². The number of carbonyl (C=O) groups excluding carboxylic acids is 1. The summed E-state index contributed by atoms with van der Waals surface area (Å²) in [5, 5.41) is 2.99. The van der Waals surface area contributed by atoms with E-state index in [0.717, 1.165) is 5.56 Å². The van der Waals surface area contributed by atoms with Gasteiger partial charge in [0, 0.05) is 12.3 Å². The molecular weight excluding hydrogens is 310 g/mol. The van der Waals surface area contributed by atoms with E-state index >= 15 is 0 Å². The van der Waals surface area contributed by atoms with Crippen molar-refractivity contribution < 1.29 is 13.2 Å². The molecule has 2 saturated carbocycles. The van der Waals surface area contributed by atoms with Gasteiger partial charge in [0.15, 0.2) is 9.84 Å². The summed E-state index contributed by atoms with van der Waals surface area (Å²) < 4.78 is 23.0. The van der Waals surface area contributed by atoms with Gasteiger partial charge in [-0.15, -0.1) is 0 Å². The zero-order valence-corrected chi connectivity index (χ0v) is 14.4. The number of sulfone groups is 1. The molecule has 2 aliphatic rings. The molecule has 0 spiro atoms. The van der Waals surface area contributed by atoms with E-state index in [1.807, 2.05) is 6.92 Å². The summed E-state index contributed by atoms with van der Waals surface area (Å²) in [4.78, 5) is 12.5. The summed E-state index contributed by atoms with van der Waals surface area (Å²) >= 11 is 0. The van der Waals surface area contributed by atoms with Crippen LogP contribution in [0.25, 0.3) is 0 Å². The second-order valence-corrected chi connectivity index (χ2v) is 8.78. The fourth-order valence-electron chi connectivity index (χ4n) is 2.90. The fraction of sp³-hybridized carbons (Fsp3) is 0.500. The SMILES string of the molecule is C[C@@H](NC(=O)C=C(C1CC1)C1CC1)c1ccc(S(C)(=O)=O)cc1. The molecule has 1 amide bonds. The van der Waals surface area contributed by atoms with Crippen molar-refractivity contribution in [2.75, 3.05) is 6.26 Å². The Morgan fingerprint density at radius 3 is 2.09 bits per heavy atom. The molecule has 1 aromatic carbocycles. The second kappa shape index (κ2) is 6.11. The van der Waals surface area contributed by atoms with Crippen LogP contribution in [0.2, 0.25) is 0 Å². The van der Waals surface area contributed by atoms with Crippen LogP contribution in [0.5, 0.6) is 0 Å². The first-order chi connectivity index (χ1) is 10.8. The van der Waals surface area contributed by atoms with Crippen LogP contribution in [0.3, 0.4) is 0 Å². The number of carbonyl (C=O) groups is 1. The van der Waals surface area contributed by atoms with E-state index in [9.17, 15) is 13.2 Å². The Balaban J connectivity index is 1.65. The maximum Gasteiger partial charge on any atom is 0.244 e. The van der Waals surface area contributed by atoms with Crippen LogP contribution in [-0.4, -0.2) is 20.6 Å². The first kappa shape index (κ1) is 16.2. The lowest BCUT2D eigenvalue weighted by Gasteiger charge is -2.14. The molecule has 5 heteroatoms. The largest absolute Gasteiger partial charge is 0.346 e. The maximum absolute atomic E-state index is 12.2. The lowest BCUT2D eigenvalue weighted by atomic mass is 10.0. The summed E-state index contributed by atoms with van der Waals surface area (Å²) in [6, 6.07) is 6.54. The van der Waals surface area contributed by atoms with Crippen LogP contribution in [0.4, 0.5) is 0 Å². The summed E-state index contributed by atoms with van der Waals surface area (Å²) in [6.45, 7) is 1.91. The number of rotatable bonds is 6. The Morgan fingerprint density at radius 2 is 1.65 bits per heavy atom. The van der Waals surface area contributed by atoms with Crippen LogP contribution in [0.1, 0.15) is 44.2 Å². The topological polar surface area (TPSA) is 63.2 Å².